The first-order valence-electron chi connectivity index (χ1n) is 9.93. The monoisotopic (exact) mass is 526 g/mol. The number of nitrogens with zero attached hydrogens (tertiary/aromatic N) is 2. The van der Waals surface area contributed by atoms with E-state index in [4.69, 9.17) is 9.47 Å². The number of piperidine rings is 1. The lowest BCUT2D eigenvalue weighted by molar-refractivity contribution is -0.0520. The molecule has 6 nitrogen and oxygen atoms in total. The molecule has 1 aliphatic heterocycles. The van der Waals surface area contributed by atoms with Crippen molar-refractivity contribution >= 4 is 29.9 Å². The summed E-state index contributed by atoms with van der Waals surface area (Å²) in [7, 11) is 1.69. The molecule has 0 amide bonds. The molecule has 1 heterocycles. The van der Waals surface area contributed by atoms with Gasteiger partial charge in [-0.05, 0) is 39.3 Å². The molecule has 0 aromatic heterocycles. The number of hydrogen-bond acceptors (Lipinski definition) is 4. The number of guanidine groups is 1. The van der Waals surface area contributed by atoms with Gasteiger partial charge >= 0.3 is 6.61 Å². The highest BCUT2D eigenvalue weighted by atomic mass is 127. The molecular formula is C20H33F2IN4O2. The van der Waals surface area contributed by atoms with Crippen molar-refractivity contribution in [3.8, 4) is 11.5 Å². The zero-order chi connectivity index (χ0) is 20.4. The zero-order valence-corrected chi connectivity index (χ0v) is 19.7. The van der Waals surface area contributed by atoms with Crippen molar-refractivity contribution in [1.82, 2.24) is 15.5 Å². The molecule has 29 heavy (non-hydrogen) atoms. The van der Waals surface area contributed by atoms with Crippen molar-refractivity contribution in [3.63, 3.8) is 0 Å². The molecule has 1 aromatic carbocycles. The van der Waals surface area contributed by atoms with Crippen LogP contribution in [0.15, 0.2) is 23.2 Å². The van der Waals surface area contributed by atoms with E-state index in [-0.39, 0.29) is 29.7 Å². The highest BCUT2D eigenvalue weighted by molar-refractivity contribution is 14.0. The minimum Gasteiger partial charge on any atom is -0.490 e. The Morgan fingerprint density at radius 1 is 1.31 bits per heavy atom. The van der Waals surface area contributed by atoms with Crippen LogP contribution in [0, 0.1) is 0 Å². The summed E-state index contributed by atoms with van der Waals surface area (Å²) in [6.07, 6.45) is 3.80. The fraction of sp³-hybridized carbons (Fsp3) is 0.650. The molecule has 1 aromatic rings. The van der Waals surface area contributed by atoms with Crippen LogP contribution in [-0.4, -0.2) is 56.8 Å². The van der Waals surface area contributed by atoms with E-state index in [1.54, 1.807) is 32.2 Å². The number of aliphatic imine (C=N–C) groups is 1. The summed E-state index contributed by atoms with van der Waals surface area (Å²) in [5, 5.41) is 6.44. The fourth-order valence-corrected chi connectivity index (χ4v) is 3.40. The molecule has 1 aliphatic rings. The SMILES string of the molecule is CCOc1cccc(CNC(=NC)NCCN2CCCCC2C)c1OC(F)F.I. The van der Waals surface area contributed by atoms with Gasteiger partial charge < -0.3 is 20.1 Å². The molecule has 0 spiro atoms. The van der Waals surface area contributed by atoms with E-state index >= 15 is 0 Å². The normalized spacial score (nSPS) is 17.6. The second-order valence-corrected chi connectivity index (χ2v) is 6.79. The lowest BCUT2D eigenvalue weighted by Crippen LogP contribution is -2.45. The Labute approximate surface area is 189 Å². The van der Waals surface area contributed by atoms with Crippen molar-refractivity contribution in [3.05, 3.63) is 23.8 Å². The first kappa shape index (κ1) is 25.7. The van der Waals surface area contributed by atoms with E-state index in [1.807, 2.05) is 0 Å². The summed E-state index contributed by atoms with van der Waals surface area (Å²) in [6.45, 7) is 4.66. The molecule has 0 bridgehead atoms. The minimum atomic E-state index is -2.91. The van der Waals surface area contributed by atoms with Crippen molar-refractivity contribution < 1.29 is 18.3 Å². The quantitative estimate of drug-likeness (QED) is 0.291. The van der Waals surface area contributed by atoms with Crippen LogP contribution in [0.5, 0.6) is 11.5 Å². The van der Waals surface area contributed by atoms with Crippen LogP contribution >= 0.6 is 24.0 Å². The number of halogens is 3. The van der Waals surface area contributed by atoms with Gasteiger partial charge in [0.15, 0.2) is 17.5 Å². The molecule has 1 unspecified atom stereocenters. The zero-order valence-electron chi connectivity index (χ0n) is 17.4. The maximum absolute atomic E-state index is 12.8. The van der Waals surface area contributed by atoms with E-state index < -0.39 is 6.61 Å². The molecule has 166 valence electrons. The predicted octanol–water partition coefficient (Wildman–Crippen LogP) is 3.84. The van der Waals surface area contributed by atoms with Gasteiger partial charge in [0.1, 0.15) is 0 Å². The van der Waals surface area contributed by atoms with Crippen LogP contribution in [0.3, 0.4) is 0 Å². The molecule has 2 rings (SSSR count). The van der Waals surface area contributed by atoms with Gasteiger partial charge in [0.2, 0.25) is 0 Å². The number of para-hydroxylation sites is 1. The highest BCUT2D eigenvalue weighted by Gasteiger charge is 2.18. The van der Waals surface area contributed by atoms with Gasteiger partial charge in [0.05, 0.1) is 6.61 Å². The number of hydrogen-bond donors (Lipinski definition) is 2. The Balaban J connectivity index is 0.00000420. The summed E-state index contributed by atoms with van der Waals surface area (Å²) in [5.41, 5.74) is 0.582. The Bertz CT molecular complexity index is 634. The molecule has 1 saturated heterocycles. The van der Waals surface area contributed by atoms with Crippen LogP contribution in [0.1, 0.15) is 38.7 Å². The average Bonchev–Trinajstić information content (AvgIpc) is 2.67. The number of rotatable bonds is 9. The van der Waals surface area contributed by atoms with Gasteiger partial charge in [0, 0.05) is 38.3 Å². The van der Waals surface area contributed by atoms with Gasteiger partial charge in [-0.15, -0.1) is 24.0 Å². The number of benzene rings is 1. The third-order valence-corrected chi connectivity index (χ3v) is 4.87. The molecule has 0 saturated carbocycles. The summed E-state index contributed by atoms with van der Waals surface area (Å²) in [6, 6.07) is 5.72. The minimum absolute atomic E-state index is 0. The smallest absolute Gasteiger partial charge is 0.387 e. The molecule has 0 aliphatic carbocycles. The first-order chi connectivity index (χ1) is 13.5. The Kier molecular flexibility index (Phi) is 12.2. The number of likely N-dealkylation sites (tertiary alicyclic amines) is 1. The van der Waals surface area contributed by atoms with E-state index in [0.717, 1.165) is 19.6 Å². The third-order valence-electron chi connectivity index (χ3n) is 4.87. The number of ether oxygens (including phenoxy) is 2. The van der Waals surface area contributed by atoms with Crippen LogP contribution < -0.4 is 20.1 Å². The van der Waals surface area contributed by atoms with Crippen molar-refractivity contribution in [2.75, 3.05) is 33.3 Å². The summed E-state index contributed by atoms with van der Waals surface area (Å²) in [4.78, 5) is 6.69. The number of nitrogens with one attached hydrogen (secondary N) is 2. The van der Waals surface area contributed by atoms with Gasteiger partial charge in [0.25, 0.3) is 0 Å². The second kappa shape index (κ2) is 13.8. The Hall–Kier alpha value is -1.36. The molecular weight excluding hydrogens is 493 g/mol. The lowest BCUT2D eigenvalue weighted by Gasteiger charge is -2.33. The van der Waals surface area contributed by atoms with E-state index in [9.17, 15) is 8.78 Å². The Morgan fingerprint density at radius 2 is 2.10 bits per heavy atom. The van der Waals surface area contributed by atoms with Crippen molar-refractivity contribution in [2.45, 2.75) is 52.3 Å². The average molecular weight is 526 g/mol. The van der Waals surface area contributed by atoms with E-state index in [2.05, 4.69) is 27.4 Å². The predicted molar refractivity (Wildman–Crippen MR) is 123 cm³/mol. The summed E-state index contributed by atoms with van der Waals surface area (Å²) in [5.74, 6) is 0.989. The highest BCUT2D eigenvalue weighted by Crippen LogP contribution is 2.32. The topological polar surface area (TPSA) is 58.1 Å². The largest absolute Gasteiger partial charge is 0.490 e. The third kappa shape index (κ3) is 8.49. The van der Waals surface area contributed by atoms with Crippen molar-refractivity contribution in [2.24, 2.45) is 4.99 Å². The molecule has 2 N–H and O–H groups in total. The first-order valence-corrected chi connectivity index (χ1v) is 9.93. The standard InChI is InChI=1S/C20H32F2N4O2.HI/c1-4-27-17-10-7-9-16(18(17)28-19(21)22)14-25-20(23-3)24-11-13-26-12-6-5-8-15(26)2;/h7,9-10,15,19H,4-6,8,11-14H2,1-3H3,(H2,23,24,25);1H. The van der Waals surface area contributed by atoms with Crippen LogP contribution in [0.4, 0.5) is 8.78 Å². The van der Waals surface area contributed by atoms with E-state index in [0.29, 0.717) is 36.5 Å². The number of alkyl halides is 2. The van der Waals surface area contributed by atoms with Gasteiger partial charge in [-0.3, -0.25) is 9.89 Å². The maximum Gasteiger partial charge on any atom is 0.387 e. The summed E-state index contributed by atoms with van der Waals surface area (Å²) >= 11 is 0. The summed E-state index contributed by atoms with van der Waals surface area (Å²) < 4.78 is 35.8. The lowest BCUT2D eigenvalue weighted by atomic mass is 10.0. The maximum atomic E-state index is 12.8. The molecule has 0 radical (unpaired) electrons. The second-order valence-electron chi connectivity index (χ2n) is 6.79. The van der Waals surface area contributed by atoms with Crippen LogP contribution in [0.25, 0.3) is 0 Å². The van der Waals surface area contributed by atoms with Crippen LogP contribution in [0.2, 0.25) is 0 Å². The van der Waals surface area contributed by atoms with Gasteiger partial charge in [-0.1, -0.05) is 18.6 Å². The molecule has 9 heteroatoms. The van der Waals surface area contributed by atoms with Crippen molar-refractivity contribution in [1.29, 1.82) is 0 Å². The Morgan fingerprint density at radius 3 is 2.76 bits per heavy atom. The van der Waals surface area contributed by atoms with Gasteiger partial charge in [-0.25, -0.2) is 0 Å². The molecule has 1 atom stereocenters. The van der Waals surface area contributed by atoms with Gasteiger partial charge in [-0.2, -0.15) is 8.78 Å². The molecule has 1 fully saturated rings. The van der Waals surface area contributed by atoms with E-state index in [1.165, 1.54) is 19.3 Å². The fourth-order valence-electron chi connectivity index (χ4n) is 3.40. The van der Waals surface area contributed by atoms with Crippen LogP contribution in [-0.2, 0) is 6.54 Å².